The first-order chi connectivity index (χ1) is 7.94. The molecule has 0 bridgehead atoms. The summed E-state index contributed by atoms with van der Waals surface area (Å²) in [6.07, 6.45) is 1.04. The summed E-state index contributed by atoms with van der Waals surface area (Å²) in [5.41, 5.74) is 0.113. The Bertz CT molecular complexity index is 366. The minimum atomic E-state index is -0.530. The van der Waals surface area contributed by atoms with Crippen molar-refractivity contribution in [2.45, 2.75) is 37.6 Å². The maximum atomic E-state index is 13.3. The van der Waals surface area contributed by atoms with E-state index in [1.54, 1.807) is 0 Å². The molecule has 1 N–H and O–H groups in total. The van der Waals surface area contributed by atoms with Gasteiger partial charge in [-0.15, -0.1) is 11.8 Å². The van der Waals surface area contributed by atoms with Crippen molar-refractivity contribution in [1.29, 1.82) is 0 Å². The fourth-order valence-corrected chi connectivity index (χ4v) is 2.05. The molecule has 0 aliphatic heterocycles. The van der Waals surface area contributed by atoms with Gasteiger partial charge in [-0.2, -0.15) is 0 Å². The number of rotatable bonds is 6. The molecule has 0 atom stereocenters. The summed E-state index contributed by atoms with van der Waals surface area (Å²) in [5, 5.41) is 3.39. The van der Waals surface area contributed by atoms with Crippen LogP contribution in [0, 0.1) is 11.6 Å². The fourth-order valence-electron chi connectivity index (χ4n) is 1.27. The molecule has 0 radical (unpaired) electrons. The van der Waals surface area contributed by atoms with Gasteiger partial charge in [0.25, 0.3) is 0 Å². The molecule has 0 saturated carbocycles. The molecule has 0 aromatic heterocycles. The highest BCUT2D eigenvalue weighted by Gasteiger charge is 2.13. The van der Waals surface area contributed by atoms with Crippen LogP contribution < -0.4 is 5.32 Å². The van der Waals surface area contributed by atoms with Crippen LogP contribution in [0.4, 0.5) is 8.78 Å². The van der Waals surface area contributed by atoms with Gasteiger partial charge in [0.05, 0.1) is 0 Å². The molecule has 0 aliphatic carbocycles. The zero-order valence-corrected chi connectivity index (χ0v) is 11.3. The van der Waals surface area contributed by atoms with Gasteiger partial charge in [0.15, 0.2) is 0 Å². The summed E-state index contributed by atoms with van der Waals surface area (Å²) >= 11 is 1.40. The Morgan fingerprint density at radius 1 is 1.29 bits per heavy atom. The molecule has 1 rings (SSSR count). The van der Waals surface area contributed by atoms with Crippen LogP contribution in [0.15, 0.2) is 23.1 Å². The molecule has 96 valence electrons. The Hall–Kier alpha value is -0.610. The number of nitrogens with one attached hydrogen (secondary N) is 1. The molecule has 0 unspecified atom stereocenters. The summed E-state index contributed by atoms with van der Waals surface area (Å²) in [7, 11) is 0. The van der Waals surface area contributed by atoms with Crippen molar-refractivity contribution in [1.82, 2.24) is 5.32 Å². The third-order valence-corrected chi connectivity index (χ3v) is 3.79. The highest BCUT2D eigenvalue weighted by molar-refractivity contribution is 7.99. The van der Waals surface area contributed by atoms with Crippen molar-refractivity contribution in [3.63, 3.8) is 0 Å². The van der Waals surface area contributed by atoms with E-state index in [-0.39, 0.29) is 5.54 Å². The Morgan fingerprint density at radius 2 is 2.00 bits per heavy atom. The van der Waals surface area contributed by atoms with Gasteiger partial charge in [0, 0.05) is 28.8 Å². The molecular weight excluding hydrogens is 240 g/mol. The fraction of sp³-hybridized carbons (Fsp3) is 0.538. The molecule has 4 heteroatoms. The van der Waals surface area contributed by atoms with Crippen molar-refractivity contribution in [3.05, 3.63) is 29.8 Å². The average Bonchev–Trinajstić information content (AvgIpc) is 2.27. The van der Waals surface area contributed by atoms with E-state index in [9.17, 15) is 8.78 Å². The zero-order valence-electron chi connectivity index (χ0n) is 10.5. The van der Waals surface area contributed by atoms with Gasteiger partial charge >= 0.3 is 0 Å². The number of halogens is 2. The van der Waals surface area contributed by atoms with Crippen LogP contribution in [0.1, 0.15) is 27.2 Å². The third-order valence-electron chi connectivity index (χ3n) is 2.74. The van der Waals surface area contributed by atoms with E-state index in [2.05, 4.69) is 26.1 Å². The molecule has 0 amide bonds. The molecule has 17 heavy (non-hydrogen) atoms. The summed E-state index contributed by atoms with van der Waals surface area (Å²) in [6, 6.07) is 3.70. The summed E-state index contributed by atoms with van der Waals surface area (Å²) in [6.45, 7) is 7.20. The molecular formula is C13H19F2NS. The van der Waals surface area contributed by atoms with Gasteiger partial charge in [-0.1, -0.05) is 6.92 Å². The van der Waals surface area contributed by atoms with E-state index in [1.807, 2.05) is 0 Å². The lowest BCUT2D eigenvalue weighted by Gasteiger charge is -2.24. The first-order valence-electron chi connectivity index (χ1n) is 5.77. The van der Waals surface area contributed by atoms with Gasteiger partial charge in [-0.05, 0) is 32.4 Å². The maximum absolute atomic E-state index is 13.3. The van der Waals surface area contributed by atoms with E-state index in [0.717, 1.165) is 24.8 Å². The highest BCUT2D eigenvalue weighted by Crippen LogP contribution is 2.22. The first kappa shape index (κ1) is 14.5. The third kappa shape index (κ3) is 5.04. The summed E-state index contributed by atoms with van der Waals surface area (Å²) in [5.74, 6) is -0.242. The predicted octanol–water partition coefficient (Wildman–Crippen LogP) is 3.84. The lowest BCUT2D eigenvalue weighted by molar-refractivity contribution is 0.388. The van der Waals surface area contributed by atoms with Crippen LogP contribution in [0.25, 0.3) is 0 Å². The van der Waals surface area contributed by atoms with Crippen molar-refractivity contribution >= 4 is 11.8 Å². The number of hydrogen-bond acceptors (Lipinski definition) is 2. The lowest BCUT2D eigenvalue weighted by Crippen LogP contribution is -2.39. The minimum absolute atomic E-state index is 0.113. The van der Waals surface area contributed by atoms with Gasteiger partial charge in [-0.3, -0.25) is 0 Å². The van der Waals surface area contributed by atoms with E-state index in [4.69, 9.17) is 0 Å². The quantitative estimate of drug-likeness (QED) is 0.615. The average molecular weight is 259 g/mol. The molecule has 0 fully saturated rings. The monoisotopic (exact) mass is 259 g/mol. The zero-order chi connectivity index (χ0) is 12.9. The second kappa shape index (κ2) is 6.36. The van der Waals surface area contributed by atoms with E-state index >= 15 is 0 Å². The molecule has 1 nitrogen and oxygen atoms in total. The summed E-state index contributed by atoms with van der Waals surface area (Å²) < 4.78 is 26.0. The number of hydrogen-bond donors (Lipinski definition) is 1. The van der Waals surface area contributed by atoms with Crippen LogP contribution in [0.5, 0.6) is 0 Å². The molecule has 0 aliphatic rings. The maximum Gasteiger partial charge on any atom is 0.139 e. The first-order valence-corrected chi connectivity index (χ1v) is 6.76. The highest BCUT2D eigenvalue weighted by atomic mass is 32.2. The Labute approximate surface area is 106 Å². The van der Waals surface area contributed by atoms with E-state index < -0.39 is 11.6 Å². The molecule has 1 aromatic rings. The second-order valence-electron chi connectivity index (χ2n) is 4.59. The molecule has 0 saturated heterocycles. The van der Waals surface area contributed by atoms with Crippen molar-refractivity contribution in [2.24, 2.45) is 0 Å². The van der Waals surface area contributed by atoms with Crippen molar-refractivity contribution < 1.29 is 8.78 Å². The topological polar surface area (TPSA) is 12.0 Å². The van der Waals surface area contributed by atoms with Gasteiger partial charge in [0.1, 0.15) is 11.6 Å². The SMILES string of the molecule is CCC(C)(C)NCCSc1ccc(F)cc1F. The summed E-state index contributed by atoms with van der Waals surface area (Å²) in [4.78, 5) is 0.502. The predicted molar refractivity (Wildman–Crippen MR) is 69.5 cm³/mol. The van der Waals surface area contributed by atoms with Crippen molar-refractivity contribution in [3.8, 4) is 0 Å². The Kier molecular flexibility index (Phi) is 5.40. The van der Waals surface area contributed by atoms with Gasteiger partial charge in [-0.25, -0.2) is 8.78 Å². The molecule has 0 heterocycles. The Balaban J connectivity index is 2.36. The smallest absolute Gasteiger partial charge is 0.139 e. The second-order valence-corrected chi connectivity index (χ2v) is 5.72. The van der Waals surface area contributed by atoms with E-state index in [1.165, 1.54) is 23.9 Å². The Morgan fingerprint density at radius 3 is 2.59 bits per heavy atom. The normalized spacial score (nSPS) is 11.8. The standard InChI is InChI=1S/C13H19F2NS/c1-4-13(2,3)16-7-8-17-12-6-5-10(14)9-11(12)15/h5-6,9,16H,4,7-8H2,1-3H3. The van der Waals surface area contributed by atoms with E-state index in [0.29, 0.717) is 4.90 Å². The van der Waals surface area contributed by atoms with Crippen LogP contribution in [-0.2, 0) is 0 Å². The van der Waals surface area contributed by atoms with Crippen LogP contribution in [0.3, 0.4) is 0 Å². The minimum Gasteiger partial charge on any atom is -0.311 e. The van der Waals surface area contributed by atoms with Gasteiger partial charge in [0.2, 0.25) is 0 Å². The van der Waals surface area contributed by atoms with Crippen LogP contribution in [-0.4, -0.2) is 17.8 Å². The molecule has 0 spiro atoms. The number of benzene rings is 1. The number of thioether (sulfide) groups is 1. The van der Waals surface area contributed by atoms with Crippen LogP contribution in [0.2, 0.25) is 0 Å². The van der Waals surface area contributed by atoms with Crippen molar-refractivity contribution in [2.75, 3.05) is 12.3 Å². The van der Waals surface area contributed by atoms with Crippen LogP contribution >= 0.6 is 11.8 Å². The molecule has 1 aromatic carbocycles. The largest absolute Gasteiger partial charge is 0.311 e. The van der Waals surface area contributed by atoms with Gasteiger partial charge < -0.3 is 5.32 Å². The lowest BCUT2D eigenvalue weighted by atomic mass is 10.0.